The van der Waals surface area contributed by atoms with Gasteiger partial charge in [0, 0.05) is 0 Å². The summed E-state index contributed by atoms with van der Waals surface area (Å²) in [6, 6.07) is 62.9. The van der Waals surface area contributed by atoms with E-state index >= 15 is 0 Å². The molecule has 1 fully saturated rings. The number of fused-ring (bicyclic) bond motifs is 11. The molecular formula is C84H92BiN3O2S2. The Bertz CT molecular complexity index is 4740. The molecule has 3 aromatic heterocycles. The molecule has 472 valence electrons. The molecule has 9 aromatic carbocycles. The fraction of sp³-hybridized carbons (Fsp3) is 0.357. The van der Waals surface area contributed by atoms with Gasteiger partial charge in [0.2, 0.25) is 0 Å². The first-order valence-electron chi connectivity index (χ1n) is 33.3. The third-order valence-corrected chi connectivity index (χ3v) is 47.0. The Labute approximate surface area is 557 Å². The minimum atomic E-state index is -6.08. The Morgan fingerprint density at radius 1 is 0.283 bits per heavy atom. The topological polar surface area (TPSA) is 33.2 Å². The molecule has 12 aromatic rings. The Kier molecular flexibility index (Phi) is 13.2. The van der Waals surface area contributed by atoms with Crippen LogP contribution in [0.5, 0.6) is 0 Å². The zero-order valence-electron chi connectivity index (χ0n) is 58.4. The third-order valence-electron chi connectivity index (χ3n) is 21.2. The SMILES string of the molecule is CC(C)(C)c1ccc2c(c1)c1cc(C(C)(C)C)ccc1n2-c1cc[c]2c(c1)Sc1cc(-n3c4ccc(C(C)(C)C)cc4c4cc(C(C)(C)C)ccc43)cc3[c]1[Bi]21([O]C(C)(C)C(C)(C)[O]1)[c]1ccc(-n2c4ccc(C(C)(C)C)cc4c4cc(C(C)(C)C)ccc42)cc1S3. The normalized spacial score (nSPS) is 17.5. The van der Waals surface area contributed by atoms with Crippen molar-refractivity contribution in [1.82, 2.24) is 13.7 Å². The molecule has 1 spiro atoms. The van der Waals surface area contributed by atoms with Crippen molar-refractivity contribution in [3.8, 4) is 17.1 Å². The van der Waals surface area contributed by atoms with E-state index in [0.29, 0.717) is 0 Å². The number of aromatic nitrogens is 3. The van der Waals surface area contributed by atoms with Crippen LogP contribution < -0.4 is 9.81 Å². The van der Waals surface area contributed by atoms with Crippen LogP contribution in [0.25, 0.3) is 82.5 Å². The second-order valence-corrected chi connectivity index (χ2v) is 50.9. The van der Waals surface area contributed by atoms with Crippen molar-refractivity contribution in [2.45, 2.75) is 216 Å². The molecule has 0 atom stereocenters. The minimum absolute atomic E-state index is 0.0174. The van der Waals surface area contributed by atoms with E-state index in [2.05, 4.69) is 324 Å². The summed E-state index contributed by atoms with van der Waals surface area (Å²) in [5.41, 5.74) is 17.1. The van der Waals surface area contributed by atoms with E-state index in [-0.39, 0.29) is 32.5 Å². The molecule has 3 aliphatic heterocycles. The summed E-state index contributed by atoms with van der Waals surface area (Å²) in [5, 5.41) is 7.67. The molecule has 0 radical (unpaired) electrons. The van der Waals surface area contributed by atoms with Gasteiger partial charge in [-0.2, -0.15) is 0 Å². The molecule has 3 aliphatic rings. The average molecular weight is 1450 g/mol. The molecule has 8 heteroatoms. The van der Waals surface area contributed by atoms with Crippen LogP contribution in [0.2, 0.25) is 0 Å². The van der Waals surface area contributed by atoms with Gasteiger partial charge in [-0.3, -0.25) is 0 Å². The Morgan fingerprint density at radius 2 is 0.511 bits per heavy atom. The van der Waals surface area contributed by atoms with E-state index in [1.807, 2.05) is 23.5 Å². The summed E-state index contributed by atoms with van der Waals surface area (Å²) >= 11 is -2.26. The van der Waals surface area contributed by atoms with E-state index in [1.54, 1.807) is 0 Å². The number of nitrogens with zero attached hydrogens (tertiary/aromatic N) is 3. The monoisotopic (exact) mass is 1450 g/mol. The maximum atomic E-state index is 8.57. The average Bonchev–Trinajstić information content (AvgIpc) is 1.25. The van der Waals surface area contributed by atoms with E-state index in [9.17, 15) is 0 Å². The van der Waals surface area contributed by atoms with Crippen molar-refractivity contribution in [3.05, 3.63) is 191 Å². The van der Waals surface area contributed by atoms with E-state index in [1.165, 1.54) is 128 Å². The van der Waals surface area contributed by atoms with Crippen LogP contribution in [0, 0.1) is 0 Å². The predicted molar refractivity (Wildman–Crippen MR) is 398 cm³/mol. The van der Waals surface area contributed by atoms with Crippen molar-refractivity contribution in [2.75, 3.05) is 0 Å². The number of hydrogen-bond acceptors (Lipinski definition) is 4. The summed E-state index contributed by atoms with van der Waals surface area (Å²) in [6.45, 7) is 51.0. The molecule has 1 saturated heterocycles. The number of hydrogen-bond donors (Lipinski definition) is 0. The Morgan fingerprint density at radius 3 is 0.750 bits per heavy atom. The van der Waals surface area contributed by atoms with Crippen LogP contribution in [0.1, 0.15) is 186 Å². The molecule has 0 unspecified atom stereocenters. The number of rotatable bonds is 3. The molecule has 0 saturated carbocycles. The van der Waals surface area contributed by atoms with Crippen LogP contribution in [0.4, 0.5) is 0 Å². The van der Waals surface area contributed by atoms with Gasteiger partial charge in [-0.25, -0.2) is 0 Å². The van der Waals surface area contributed by atoms with Gasteiger partial charge in [0.05, 0.1) is 0 Å². The molecule has 0 amide bonds. The van der Waals surface area contributed by atoms with Crippen molar-refractivity contribution >= 4 is 118 Å². The van der Waals surface area contributed by atoms with Gasteiger partial charge < -0.3 is 0 Å². The van der Waals surface area contributed by atoms with Gasteiger partial charge in [0.25, 0.3) is 0 Å². The maximum absolute atomic E-state index is 8.57. The Balaban J connectivity index is 1.05. The van der Waals surface area contributed by atoms with Crippen LogP contribution in [0.3, 0.4) is 0 Å². The van der Waals surface area contributed by atoms with Crippen LogP contribution in [-0.4, -0.2) is 44.6 Å². The predicted octanol–water partition coefficient (Wildman–Crippen LogP) is 21.7. The Hall–Kier alpha value is -6.12. The molecule has 0 aliphatic carbocycles. The van der Waals surface area contributed by atoms with Crippen molar-refractivity contribution in [3.63, 3.8) is 0 Å². The van der Waals surface area contributed by atoms with Crippen LogP contribution in [0.15, 0.2) is 177 Å². The second-order valence-electron chi connectivity index (χ2n) is 34.4. The first-order valence-corrected chi connectivity index (χ1v) is 43.0. The van der Waals surface area contributed by atoms with Gasteiger partial charge in [-0.05, 0) is 0 Å². The van der Waals surface area contributed by atoms with Gasteiger partial charge in [0.15, 0.2) is 0 Å². The quantitative estimate of drug-likeness (QED) is 0.165. The molecule has 15 rings (SSSR count). The summed E-state index contributed by atoms with van der Waals surface area (Å²) in [5.74, 6) is 0. The van der Waals surface area contributed by atoms with Crippen molar-refractivity contribution < 1.29 is 5.63 Å². The van der Waals surface area contributed by atoms with Crippen LogP contribution in [-0.2, 0) is 38.1 Å². The fourth-order valence-electron chi connectivity index (χ4n) is 15.1. The van der Waals surface area contributed by atoms with E-state index in [4.69, 9.17) is 5.63 Å². The van der Waals surface area contributed by atoms with Crippen molar-refractivity contribution in [1.29, 1.82) is 0 Å². The summed E-state index contributed by atoms with van der Waals surface area (Å²) < 4.78 is 28.4. The molecule has 5 nitrogen and oxygen atoms in total. The summed E-state index contributed by atoms with van der Waals surface area (Å²) in [6.07, 6.45) is 0. The first-order chi connectivity index (χ1) is 42.8. The van der Waals surface area contributed by atoms with Gasteiger partial charge in [-0.15, -0.1) is 0 Å². The molecule has 92 heavy (non-hydrogen) atoms. The zero-order chi connectivity index (χ0) is 65.6. The second kappa shape index (κ2) is 19.5. The zero-order valence-corrected chi connectivity index (χ0v) is 63.5. The molecule has 0 N–H and O–H groups in total. The van der Waals surface area contributed by atoms with E-state index < -0.39 is 30.9 Å². The van der Waals surface area contributed by atoms with Crippen molar-refractivity contribution in [2.24, 2.45) is 0 Å². The molecular weight excluding hydrogens is 1360 g/mol. The molecule has 0 bridgehead atoms. The number of benzene rings is 9. The van der Waals surface area contributed by atoms with Crippen LogP contribution >= 0.6 is 23.5 Å². The molecule has 6 heterocycles. The summed E-state index contributed by atoms with van der Waals surface area (Å²) in [4.78, 5) is 4.79. The summed E-state index contributed by atoms with van der Waals surface area (Å²) in [7, 11) is 0. The third kappa shape index (κ3) is 9.01. The van der Waals surface area contributed by atoms with Gasteiger partial charge >= 0.3 is 562 Å². The fourth-order valence-corrected chi connectivity index (χ4v) is 48.7. The standard InChI is InChI=1S/C78H80N3S2.C6H12O2.Bi/c1-73(2,3)48-25-31-67-61(37-48)62-38-49(74(4,5)6)26-32-68(62)79(67)54-21-19-23-57(43-54)82-59-45-56(81-71-35-29-52(77(13,14)15)41-65(71)66-42-53(78(16,17)18)30-36-72(66)81)46-60(47-59)83-58-24-20-22-55(44-58)80-69-33-27-50(75(7,8)9)39-63(69)64-40-51(76(10,11)12)28-34-70(64)80;1-5(2,7)6(3,4)8;/h19-22,25-46H,1-18H3;1-4H3;/q;-2;+2. The van der Waals surface area contributed by atoms with Gasteiger partial charge in [0.1, 0.15) is 0 Å². The first kappa shape index (κ1) is 62.0. The van der Waals surface area contributed by atoms with Gasteiger partial charge in [-0.1, -0.05) is 0 Å². The van der Waals surface area contributed by atoms with E-state index in [0.717, 1.165) is 17.1 Å².